The second kappa shape index (κ2) is 5.55. The summed E-state index contributed by atoms with van der Waals surface area (Å²) in [5, 5.41) is 6.15. The third-order valence-corrected chi connectivity index (χ3v) is 4.58. The Morgan fingerprint density at radius 2 is 2.00 bits per heavy atom. The molecule has 1 heterocycles. The topological polar surface area (TPSA) is 21.3 Å². The van der Waals surface area contributed by atoms with E-state index in [1.807, 2.05) is 7.05 Å². The van der Waals surface area contributed by atoms with Crippen molar-refractivity contribution < 1.29 is 4.74 Å². The second-order valence-corrected chi connectivity index (χ2v) is 5.88. The van der Waals surface area contributed by atoms with Crippen molar-refractivity contribution >= 4 is 10.8 Å². The van der Waals surface area contributed by atoms with Crippen molar-refractivity contribution in [1.29, 1.82) is 0 Å². The van der Waals surface area contributed by atoms with Crippen LogP contribution >= 0.6 is 0 Å². The number of rotatable bonds is 3. The largest absolute Gasteiger partial charge is 0.376 e. The highest BCUT2D eigenvalue weighted by atomic mass is 16.5. The van der Waals surface area contributed by atoms with Gasteiger partial charge in [-0.25, -0.2) is 0 Å². The van der Waals surface area contributed by atoms with E-state index in [0.29, 0.717) is 5.92 Å². The molecule has 0 aliphatic carbocycles. The van der Waals surface area contributed by atoms with Gasteiger partial charge in [-0.3, -0.25) is 0 Å². The average molecular weight is 269 g/mol. The SMILES string of the molecule is CNC(c1c(C)ccc2ccccc12)C1OCCC1C. The summed E-state index contributed by atoms with van der Waals surface area (Å²) in [6, 6.07) is 13.3. The van der Waals surface area contributed by atoms with Gasteiger partial charge < -0.3 is 10.1 Å². The number of fused-ring (bicyclic) bond motifs is 1. The van der Waals surface area contributed by atoms with Crippen LogP contribution in [0.15, 0.2) is 36.4 Å². The third kappa shape index (κ3) is 2.23. The zero-order valence-electron chi connectivity index (χ0n) is 12.5. The van der Waals surface area contributed by atoms with E-state index in [4.69, 9.17) is 4.74 Å². The number of hydrogen-bond acceptors (Lipinski definition) is 2. The minimum absolute atomic E-state index is 0.263. The predicted octanol–water partition coefficient (Wildman–Crippen LogP) is 3.83. The summed E-state index contributed by atoms with van der Waals surface area (Å²) in [5.41, 5.74) is 2.73. The highest BCUT2D eigenvalue weighted by molar-refractivity contribution is 5.87. The molecule has 20 heavy (non-hydrogen) atoms. The van der Waals surface area contributed by atoms with E-state index in [1.54, 1.807) is 0 Å². The summed E-state index contributed by atoms with van der Waals surface area (Å²) >= 11 is 0. The Hall–Kier alpha value is -1.38. The molecule has 3 rings (SSSR count). The Morgan fingerprint density at radius 1 is 1.20 bits per heavy atom. The lowest BCUT2D eigenvalue weighted by atomic mass is 9.87. The molecule has 1 aliphatic heterocycles. The van der Waals surface area contributed by atoms with Crippen LogP contribution in [0.5, 0.6) is 0 Å². The molecule has 1 aliphatic rings. The Morgan fingerprint density at radius 3 is 2.70 bits per heavy atom. The summed E-state index contributed by atoms with van der Waals surface area (Å²) in [7, 11) is 2.04. The van der Waals surface area contributed by atoms with E-state index < -0.39 is 0 Å². The number of aryl methyl sites for hydroxylation is 1. The fraction of sp³-hybridized carbons (Fsp3) is 0.444. The molecule has 0 bridgehead atoms. The lowest BCUT2D eigenvalue weighted by Crippen LogP contribution is -2.33. The van der Waals surface area contributed by atoms with Gasteiger partial charge in [0.1, 0.15) is 0 Å². The van der Waals surface area contributed by atoms with Gasteiger partial charge in [-0.15, -0.1) is 0 Å². The minimum atomic E-state index is 0.263. The molecule has 1 saturated heterocycles. The molecule has 2 aromatic rings. The summed E-state index contributed by atoms with van der Waals surface area (Å²) < 4.78 is 6.01. The van der Waals surface area contributed by atoms with Gasteiger partial charge >= 0.3 is 0 Å². The van der Waals surface area contributed by atoms with Crippen molar-refractivity contribution in [2.24, 2.45) is 5.92 Å². The number of benzene rings is 2. The van der Waals surface area contributed by atoms with Crippen LogP contribution in [0.3, 0.4) is 0 Å². The van der Waals surface area contributed by atoms with Crippen molar-refractivity contribution in [3.8, 4) is 0 Å². The Kier molecular flexibility index (Phi) is 3.77. The number of nitrogens with one attached hydrogen (secondary N) is 1. The Bertz CT molecular complexity index is 607. The molecule has 0 saturated carbocycles. The molecule has 3 atom stereocenters. The molecule has 0 spiro atoms. The molecule has 2 nitrogen and oxygen atoms in total. The van der Waals surface area contributed by atoms with Gasteiger partial charge in [0, 0.05) is 6.61 Å². The lowest BCUT2D eigenvalue weighted by Gasteiger charge is -2.28. The van der Waals surface area contributed by atoms with Crippen molar-refractivity contribution in [2.45, 2.75) is 32.4 Å². The first-order valence-electron chi connectivity index (χ1n) is 7.49. The first-order valence-corrected chi connectivity index (χ1v) is 7.49. The molecule has 0 aromatic heterocycles. The predicted molar refractivity (Wildman–Crippen MR) is 84.0 cm³/mol. The standard InChI is InChI=1S/C18H23NO/c1-12-8-9-14-6-4-5-7-15(14)16(12)17(19-3)18-13(2)10-11-20-18/h4-9,13,17-19H,10-11H2,1-3H3. The molecular weight excluding hydrogens is 246 g/mol. The lowest BCUT2D eigenvalue weighted by molar-refractivity contribution is 0.0633. The molecule has 1 fully saturated rings. The van der Waals surface area contributed by atoms with E-state index in [2.05, 4.69) is 55.6 Å². The number of ether oxygens (including phenoxy) is 1. The molecule has 3 unspecified atom stereocenters. The maximum Gasteiger partial charge on any atom is 0.0796 e. The summed E-state index contributed by atoms with van der Waals surface area (Å²) in [5.74, 6) is 0.603. The van der Waals surface area contributed by atoms with Crippen LogP contribution in [-0.4, -0.2) is 19.8 Å². The molecule has 1 N–H and O–H groups in total. The van der Waals surface area contributed by atoms with Crippen LogP contribution in [0.4, 0.5) is 0 Å². The van der Waals surface area contributed by atoms with Gasteiger partial charge in [-0.1, -0.05) is 43.3 Å². The normalized spacial score (nSPS) is 24.1. The van der Waals surface area contributed by atoms with Crippen LogP contribution in [0.1, 0.15) is 30.5 Å². The maximum atomic E-state index is 6.01. The molecule has 106 valence electrons. The van der Waals surface area contributed by atoms with Crippen LogP contribution < -0.4 is 5.32 Å². The Balaban J connectivity index is 2.13. The maximum absolute atomic E-state index is 6.01. The van der Waals surface area contributed by atoms with Gasteiger partial charge in [0.05, 0.1) is 12.1 Å². The van der Waals surface area contributed by atoms with Crippen molar-refractivity contribution in [2.75, 3.05) is 13.7 Å². The third-order valence-electron chi connectivity index (χ3n) is 4.58. The Labute approximate surface area is 121 Å². The van der Waals surface area contributed by atoms with Crippen LogP contribution in [0, 0.1) is 12.8 Å². The van der Waals surface area contributed by atoms with Crippen LogP contribution in [0.25, 0.3) is 10.8 Å². The van der Waals surface area contributed by atoms with E-state index >= 15 is 0 Å². The highest BCUT2D eigenvalue weighted by Crippen LogP contribution is 2.36. The highest BCUT2D eigenvalue weighted by Gasteiger charge is 2.33. The van der Waals surface area contributed by atoms with E-state index in [9.17, 15) is 0 Å². The van der Waals surface area contributed by atoms with Crippen molar-refractivity contribution in [1.82, 2.24) is 5.32 Å². The second-order valence-electron chi connectivity index (χ2n) is 5.88. The summed E-state index contributed by atoms with van der Waals surface area (Å²) in [4.78, 5) is 0. The zero-order chi connectivity index (χ0) is 14.1. The molecule has 2 aromatic carbocycles. The van der Waals surface area contributed by atoms with Gasteiger partial charge in [0.25, 0.3) is 0 Å². The van der Waals surface area contributed by atoms with Gasteiger partial charge in [-0.05, 0) is 48.2 Å². The quantitative estimate of drug-likeness (QED) is 0.914. The fourth-order valence-corrected chi connectivity index (χ4v) is 3.43. The molecular formula is C18H23NO. The monoisotopic (exact) mass is 269 g/mol. The zero-order valence-corrected chi connectivity index (χ0v) is 12.5. The average Bonchev–Trinajstić information content (AvgIpc) is 2.88. The van der Waals surface area contributed by atoms with Crippen LogP contribution in [-0.2, 0) is 4.74 Å². The first kappa shape index (κ1) is 13.6. The smallest absolute Gasteiger partial charge is 0.0796 e. The number of hydrogen-bond donors (Lipinski definition) is 1. The summed E-state index contributed by atoms with van der Waals surface area (Å²) in [6.45, 7) is 5.38. The molecule has 0 radical (unpaired) electrons. The van der Waals surface area contributed by atoms with E-state index in [1.165, 1.54) is 21.9 Å². The van der Waals surface area contributed by atoms with E-state index in [0.717, 1.165) is 13.0 Å². The molecule has 2 heteroatoms. The van der Waals surface area contributed by atoms with E-state index in [-0.39, 0.29) is 12.1 Å². The van der Waals surface area contributed by atoms with Gasteiger partial charge in [0.2, 0.25) is 0 Å². The first-order chi connectivity index (χ1) is 9.72. The minimum Gasteiger partial charge on any atom is -0.376 e. The molecule has 0 amide bonds. The van der Waals surface area contributed by atoms with Crippen LogP contribution in [0.2, 0.25) is 0 Å². The van der Waals surface area contributed by atoms with Gasteiger partial charge in [-0.2, -0.15) is 0 Å². The fourth-order valence-electron chi connectivity index (χ4n) is 3.43. The van der Waals surface area contributed by atoms with Crippen molar-refractivity contribution in [3.63, 3.8) is 0 Å². The number of likely N-dealkylation sites (N-methyl/N-ethyl adjacent to an activating group) is 1. The van der Waals surface area contributed by atoms with Crippen molar-refractivity contribution in [3.05, 3.63) is 47.5 Å². The van der Waals surface area contributed by atoms with Gasteiger partial charge in [0.15, 0.2) is 0 Å². The summed E-state index contributed by atoms with van der Waals surface area (Å²) in [6.07, 6.45) is 1.43.